The van der Waals surface area contributed by atoms with Crippen molar-refractivity contribution in [2.24, 2.45) is 0 Å². The highest BCUT2D eigenvalue weighted by atomic mass is 35.5. The number of ether oxygens (including phenoxy) is 1. The summed E-state index contributed by atoms with van der Waals surface area (Å²) < 4.78 is 5.24. The van der Waals surface area contributed by atoms with E-state index in [0.717, 1.165) is 11.3 Å². The van der Waals surface area contributed by atoms with E-state index >= 15 is 0 Å². The normalized spacial score (nSPS) is 10.2. The summed E-state index contributed by atoms with van der Waals surface area (Å²) in [6.45, 7) is 0.394. The first kappa shape index (κ1) is 15.7. The smallest absolute Gasteiger partial charge is 0.224 e. The molecule has 1 N–H and O–H groups in total. The second kappa shape index (κ2) is 7.34. The van der Waals surface area contributed by atoms with Crippen LogP contribution in [0, 0.1) is 0 Å². The van der Waals surface area contributed by atoms with Gasteiger partial charge in [-0.25, -0.2) is 0 Å². The lowest BCUT2D eigenvalue weighted by Crippen LogP contribution is -2.25. The fourth-order valence-electron chi connectivity index (χ4n) is 1.97. The maximum atomic E-state index is 12.0. The van der Waals surface area contributed by atoms with Crippen molar-refractivity contribution in [2.45, 2.75) is 13.0 Å². The molecule has 0 atom stereocenters. The lowest BCUT2D eigenvalue weighted by Gasteiger charge is -2.10. The Balaban J connectivity index is 1.99. The van der Waals surface area contributed by atoms with Crippen LogP contribution in [0.1, 0.15) is 11.1 Å². The van der Waals surface area contributed by atoms with Crippen molar-refractivity contribution in [2.75, 3.05) is 7.11 Å². The van der Waals surface area contributed by atoms with Crippen molar-refractivity contribution in [3.8, 4) is 5.75 Å². The zero-order valence-corrected chi connectivity index (χ0v) is 13.0. The molecule has 3 nitrogen and oxygen atoms in total. The van der Waals surface area contributed by atoms with E-state index in [1.54, 1.807) is 25.3 Å². The van der Waals surface area contributed by atoms with Crippen LogP contribution in [0.25, 0.3) is 0 Å². The van der Waals surface area contributed by atoms with Crippen LogP contribution in [-0.4, -0.2) is 13.0 Å². The molecule has 0 radical (unpaired) electrons. The molecule has 0 spiro atoms. The van der Waals surface area contributed by atoms with Gasteiger partial charge in [0.1, 0.15) is 5.75 Å². The van der Waals surface area contributed by atoms with E-state index < -0.39 is 0 Å². The third-order valence-electron chi connectivity index (χ3n) is 3.07. The minimum Gasteiger partial charge on any atom is -0.496 e. The Kier molecular flexibility index (Phi) is 5.48. The van der Waals surface area contributed by atoms with Gasteiger partial charge in [0.15, 0.2) is 0 Å². The number of methoxy groups -OCH3 is 1. The van der Waals surface area contributed by atoms with Gasteiger partial charge in [0, 0.05) is 22.2 Å². The van der Waals surface area contributed by atoms with Crippen molar-refractivity contribution >= 4 is 29.1 Å². The van der Waals surface area contributed by atoms with Crippen molar-refractivity contribution in [3.05, 3.63) is 63.6 Å². The predicted molar refractivity (Wildman–Crippen MR) is 85.0 cm³/mol. The summed E-state index contributed by atoms with van der Waals surface area (Å²) in [6.07, 6.45) is 0.146. The molecule has 0 aromatic heterocycles. The average Bonchev–Trinajstić information content (AvgIpc) is 2.49. The molecule has 0 bridgehead atoms. The summed E-state index contributed by atoms with van der Waals surface area (Å²) in [5.41, 5.74) is 1.55. The topological polar surface area (TPSA) is 38.3 Å². The number of amides is 1. The van der Waals surface area contributed by atoms with Crippen LogP contribution >= 0.6 is 23.2 Å². The van der Waals surface area contributed by atoms with Gasteiger partial charge in [-0.3, -0.25) is 4.79 Å². The third-order valence-corrected chi connectivity index (χ3v) is 3.78. The standard InChI is InChI=1S/C16H15Cl2NO2/c1-21-15-8-3-2-5-11(15)10-19-16(20)9-12-13(17)6-4-7-14(12)18/h2-8H,9-10H2,1H3,(H,19,20). The third kappa shape index (κ3) is 4.13. The number of hydrogen-bond donors (Lipinski definition) is 1. The fourth-order valence-corrected chi connectivity index (χ4v) is 2.50. The van der Waals surface area contributed by atoms with Crippen LogP contribution < -0.4 is 10.1 Å². The van der Waals surface area contributed by atoms with Gasteiger partial charge in [-0.15, -0.1) is 0 Å². The molecule has 0 saturated heterocycles. The predicted octanol–water partition coefficient (Wildman–Crippen LogP) is 3.86. The molecule has 0 unspecified atom stereocenters. The van der Waals surface area contributed by atoms with E-state index in [2.05, 4.69) is 5.32 Å². The first-order valence-corrected chi connectivity index (χ1v) is 7.19. The SMILES string of the molecule is COc1ccccc1CNC(=O)Cc1c(Cl)cccc1Cl. The minimum absolute atomic E-state index is 0.143. The van der Waals surface area contributed by atoms with Gasteiger partial charge < -0.3 is 10.1 Å². The number of rotatable bonds is 5. The summed E-state index contributed by atoms with van der Waals surface area (Å²) in [5, 5.41) is 3.83. The number of benzene rings is 2. The molecule has 21 heavy (non-hydrogen) atoms. The van der Waals surface area contributed by atoms with Gasteiger partial charge in [0.25, 0.3) is 0 Å². The van der Waals surface area contributed by atoms with Crippen molar-refractivity contribution in [1.82, 2.24) is 5.32 Å². The van der Waals surface area contributed by atoms with Crippen LogP contribution in [0.15, 0.2) is 42.5 Å². The molecule has 0 saturated carbocycles. The Morgan fingerprint density at radius 2 is 1.76 bits per heavy atom. The summed E-state index contributed by atoms with van der Waals surface area (Å²) in [4.78, 5) is 12.0. The highest BCUT2D eigenvalue weighted by Gasteiger charge is 2.11. The maximum Gasteiger partial charge on any atom is 0.224 e. The van der Waals surface area contributed by atoms with E-state index in [0.29, 0.717) is 22.2 Å². The largest absolute Gasteiger partial charge is 0.496 e. The number of halogens is 2. The Labute approximate surface area is 133 Å². The molecular weight excluding hydrogens is 309 g/mol. The molecule has 2 aromatic rings. The van der Waals surface area contributed by atoms with Crippen LogP contribution in [0.3, 0.4) is 0 Å². The molecule has 1 amide bonds. The number of nitrogens with one attached hydrogen (secondary N) is 1. The molecule has 110 valence electrons. The minimum atomic E-state index is -0.143. The number of hydrogen-bond acceptors (Lipinski definition) is 2. The van der Waals surface area contributed by atoms with Gasteiger partial charge >= 0.3 is 0 Å². The zero-order chi connectivity index (χ0) is 15.2. The van der Waals surface area contributed by atoms with E-state index in [9.17, 15) is 4.79 Å². The number of para-hydroxylation sites is 1. The molecule has 0 aliphatic rings. The Morgan fingerprint density at radius 3 is 2.43 bits per heavy atom. The molecule has 2 rings (SSSR count). The van der Waals surface area contributed by atoms with Crippen molar-refractivity contribution < 1.29 is 9.53 Å². The summed E-state index contributed by atoms with van der Waals surface area (Å²) in [7, 11) is 1.60. The summed E-state index contributed by atoms with van der Waals surface area (Å²) >= 11 is 12.1. The molecule has 0 aliphatic carbocycles. The van der Waals surface area contributed by atoms with E-state index in [1.165, 1.54) is 0 Å². The second-order valence-electron chi connectivity index (χ2n) is 4.47. The first-order valence-electron chi connectivity index (χ1n) is 6.43. The first-order chi connectivity index (χ1) is 10.1. The van der Waals surface area contributed by atoms with Crippen LogP contribution in [0.4, 0.5) is 0 Å². The molecule has 0 fully saturated rings. The van der Waals surface area contributed by atoms with Gasteiger partial charge in [-0.2, -0.15) is 0 Å². The average molecular weight is 324 g/mol. The van der Waals surface area contributed by atoms with Gasteiger partial charge in [0.05, 0.1) is 13.5 Å². The lowest BCUT2D eigenvalue weighted by atomic mass is 10.1. The van der Waals surface area contributed by atoms with Gasteiger partial charge in [0.2, 0.25) is 5.91 Å². The van der Waals surface area contributed by atoms with Crippen molar-refractivity contribution in [3.63, 3.8) is 0 Å². The molecule has 2 aromatic carbocycles. The Hall–Kier alpha value is -1.71. The molecule has 5 heteroatoms. The highest BCUT2D eigenvalue weighted by Crippen LogP contribution is 2.24. The second-order valence-corrected chi connectivity index (χ2v) is 5.28. The Morgan fingerprint density at radius 1 is 1.10 bits per heavy atom. The molecule has 0 aliphatic heterocycles. The van der Waals surface area contributed by atoms with Crippen LogP contribution in [0.2, 0.25) is 10.0 Å². The molecular formula is C16H15Cl2NO2. The van der Waals surface area contributed by atoms with Crippen LogP contribution in [0.5, 0.6) is 5.75 Å². The lowest BCUT2D eigenvalue weighted by molar-refractivity contribution is -0.120. The maximum absolute atomic E-state index is 12.0. The summed E-state index contributed by atoms with van der Waals surface area (Å²) in [5.74, 6) is 0.601. The highest BCUT2D eigenvalue weighted by molar-refractivity contribution is 6.36. The molecule has 0 heterocycles. The zero-order valence-electron chi connectivity index (χ0n) is 11.5. The summed E-state index contributed by atoms with van der Waals surface area (Å²) in [6, 6.07) is 12.7. The fraction of sp³-hybridized carbons (Fsp3) is 0.188. The van der Waals surface area contributed by atoms with E-state index in [-0.39, 0.29) is 12.3 Å². The van der Waals surface area contributed by atoms with E-state index in [1.807, 2.05) is 24.3 Å². The van der Waals surface area contributed by atoms with Crippen LogP contribution in [-0.2, 0) is 17.8 Å². The van der Waals surface area contributed by atoms with E-state index in [4.69, 9.17) is 27.9 Å². The van der Waals surface area contributed by atoms with Gasteiger partial charge in [-0.05, 0) is 23.8 Å². The van der Waals surface area contributed by atoms with Crippen molar-refractivity contribution in [1.29, 1.82) is 0 Å². The monoisotopic (exact) mass is 323 g/mol. The van der Waals surface area contributed by atoms with Gasteiger partial charge in [-0.1, -0.05) is 47.5 Å². The number of carbonyl (C=O) groups is 1. The Bertz CT molecular complexity index is 624. The quantitative estimate of drug-likeness (QED) is 0.907. The number of carbonyl (C=O) groups excluding carboxylic acids is 1.